The summed E-state index contributed by atoms with van der Waals surface area (Å²) in [5.41, 5.74) is 0.852. The molecule has 0 spiro atoms. The Hall–Kier alpha value is -1.45. The highest BCUT2D eigenvalue weighted by molar-refractivity contribution is 5.82. The van der Waals surface area contributed by atoms with Gasteiger partial charge >= 0.3 is 5.97 Å². The van der Waals surface area contributed by atoms with Crippen molar-refractivity contribution in [3.63, 3.8) is 0 Å². The Labute approximate surface area is 57.6 Å². The summed E-state index contributed by atoms with van der Waals surface area (Å²) in [4.78, 5) is 17.3. The highest BCUT2D eigenvalue weighted by Crippen LogP contribution is 1.92. The maximum atomic E-state index is 10.2. The molecule has 0 aliphatic carbocycles. The zero-order valence-corrected chi connectivity index (χ0v) is 5.40. The van der Waals surface area contributed by atoms with Gasteiger partial charge in [-0.1, -0.05) is 0 Å². The molecular formula is C6H6N2O2. The molecule has 1 aromatic heterocycles. The molecule has 10 heavy (non-hydrogen) atoms. The standard InChI is InChI=1S/C6H6N2O2/c1-4-2-7-5(6(9)10)8-3-4/h2-3H,1H3,(H,9,10). The monoisotopic (exact) mass is 138 g/mol. The van der Waals surface area contributed by atoms with Crippen LogP contribution in [-0.4, -0.2) is 21.0 Å². The molecule has 0 aromatic carbocycles. The van der Waals surface area contributed by atoms with Crippen LogP contribution in [0.1, 0.15) is 16.2 Å². The van der Waals surface area contributed by atoms with E-state index in [1.54, 1.807) is 6.92 Å². The van der Waals surface area contributed by atoms with Gasteiger partial charge in [-0.2, -0.15) is 0 Å². The van der Waals surface area contributed by atoms with Gasteiger partial charge in [0.15, 0.2) is 0 Å². The predicted octanol–water partition coefficient (Wildman–Crippen LogP) is 0.483. The van der Waals surface area contributed by atoms with Crippen LogP contribution in [0.4, 0.5) is 0 Å². The molecule has 0 saturated carbocycles. The van der Waals surface area contributed by atoms with Gasteiger partial charge in [-0.25, -0.2) is 14.8 Å². The Morgan fingerprint density at radius 2 is 2.00 bits per heavy atom. The molecule has 1 rings (SSSR count). The molecule has 0 saturated heterocycles. The molecule has 0 fully saturated rings. The molecule has 4 heteroatoms. The first-order chi connectivity index (χ1) is 4.70. The molecule has 1 heterocycles. The minimum atomic E-state index is -1.10. The second-order valence-electron chi connectivity index (χ2n) is 1.89. The lowest BCUT2D eigenvalue weighted by atomic mass is 10.4. The summed E-state index contributed by atoms with van der Waals surface area (Å²) in [6.07, 6.45) is 2.94. The fraction of sp³-hybridized carbons (Fsp3) is 0.167. The minimum absolute atomic E-state index is 0.161. The van der Waals surface area contributed by atoms with Crippen LogP contribution < -0.4 is 0 Å². The van der Waals surface area contributed by atoms with Gasteiger partial charge in [0.05, 0.1) is 0 Å². The van der Waals surface area contributed by atoms with Crippen molar-refractivity contribution in [3.05, 3.63) is 23.8 Å². The number of hydrogen-bond acceptors (Lipinski definition) is 3. The zero-order chi connectivity index (χ0) is 7.56. The van der Waals surface area contributed by atoms with Gasteiger partial charge in [-0.15, -0.1) is 0 Å². The van der Waals surface area contributed by atoms with Crippen molar-refractivity contribution in [2.24, 2.45) is 0 Å². The summed E-state index contributed by atoms with van der Waals surface area (Å²) in [6, 6.07) is 0. The predicted molar refractivity (Wildman–Crippen MR) is 33.7 cm³/mol. The summed E-state index contributed by atoms with van der Waals surface area (Å²) >= 11 is 0. The molecule has 0 aliphatic heterocycles. The van der Waals surface area contributed by atoms with E-state index >= 15 is 0 Å². The average Bonchev–Trinajstić information content (AvgIpc) is 1.88. The molecule has 0 bridgehead atoms. The third-order valence-electron chi connectivity index (χ3n) is 0.972. The SMILES string of the molecule is Cc1cnc(C(=O)O)nc1. The van der Waals surface area contributed by atoms with Crippen molar-refractivity contribution in [2.45, 2.75) is 6.92 Å². The number of aromatic carboxylic acids is 1. The Bertz CT molecular complexity index is 242. The van der Waals surface area contributed by atoms with Crippen LogP contribution in [-0.2, 0) is 0 Å². The van der Waals surface area contributed by atoms with Crippen LogP contribution in [0.2, 0.25) is 0 Å². The van der Waals surface area contributed by atoms with E-state index in [2.05, 4.69) is 9.97 Å². The maximum absolute atomic E-state index is 10.2. The van der Waals surface area contributed by atoms with E-state index in [0.717, 1.165) is 5.56 Å². The molecule has 0 unspecified atom stereocenters. The molecule has 1 aromatic rings. The van der Waals surface area contributed by atoms with Crippen molar-refractivity contribution in [1.82, 2.24) is 9.97 Å². The highest BCUT2D eigenvalue weighted by atomic mass is 16.4. The van der Waals surface area contributed by atoms with Crippen LogP contribution in [0.3, 0.4) is 0 Å². The van der Waals surface area contributed by atoms with Crippen LogP contribution in [0, 0.1) is 6.92 Å². The second kappa shape index (κ2) is 2.43. The summed E-state index contributed by atoms with van der Waals surface area (Å²) in [6.45, 7) is 1.80. The molecule has 0 amide bonds. The van der Waals surface area contributed by atoms with Crippen molar-refractivity contribution < 1.29 is 9.90 Å². The number of aryl methyl sites for hydroxylation is 1. The van der Waals surface area contributed by atoms with Gasteiger partial charge in [-0.05, 0) is 12.5 Å². The van der Waals surface area contributed by atoms with Crippen LogP contribution in [0.25, 0.3) is 0 Å². The quantitative estimate of drug-likeness (QED) is 0.613. The maximum Gasteiger partial charge on any atom is 0.373 e. The molecule has 0 aliphatic rings. The number of carbonyl (C=O) groups is 1. The van der Waals surface area contributed by atoms with E-state index in [1.165, 1.54) is 12.4 Å². The number of rotatable bonds is 1. The highest BCUT2D eigenvalue weighted by Gasteiger charge is 2.02. The fourth-order valence-corrected chi connectivity index (χ4v) is 0.503. The first-order valence-electron chi connectivity index (χ1n) is 2.72. The number of nitrogens with zero attached hydrogens (tertiary/aromatic N) is 2. The van der Waals surface area contributed by atoms with Gasteiger partial charge < -0.3 is 5.11 Å². The summed E-state index contributed by atoms with van der Waals surface area (Å²) in [5.74, 6) is -1.26. The minimum Gasteiger partial charge on any atom is -0.475 e. The Morgan fingerprint density at radius 3 is 2.40 bits per heavy atom. The Kier molecular flexibility index (Phi) is 1.62. The van der Waals surface area contributed by atoms with Crippen LogP contribution in [0.15, 0.2) is 12.4 Å². The van der Waals surface area contributed by atoms with E-state index in [9.17, 15) is 4.79 Å². The molecular weight excluding hydrogens is 132 g/mol. The van der Waals surface area contributed by atoms with Crippen molar-refractivity contribution >= 4 is 5.97 Å². The summed E-state index contributed by atoms with van der Waals surface area (Å²) in [5, 5.41) is 8.35. The van der Waals surface area contributed by atoms with Crippen LogP contribution in [0.5, 0.6) is 0 Å². The van der Waals surface area contributed by atoms with E-state index in [-0.39, 0.29) is 5.82 Å². The van der Waals surface area contributed by atoms with Crippen molar-refractivity contribution in [2.75, 3.05) is 0 Å². The van der Waals surface area contributed by atoms with E-state index in [4.69, 9.17) is 5.11 Å². The van der Waals surface area contributed by atoms with Gasteiger partial charge in [0.25, 0.3) is 0 Å². The molecule has 1 N–H and O–H groups in total. The van der Waals surface area contributed by atoms with E-state index < -0.39 is 5.97 Å². The van der Waals surface area contributed by atoms with Gasteiger partial charge in [0.1, 0.15) is 0 Å². The smallest absolute Gasteiger partial charge is 0.373 e. The first-order valence-corrected chi connectivity index (χ1v) is 2.72. The van der Waals surface area contributed by atoms with Gasteiger partial charge in [-0.3, -0.25) is 0 Å². The lowest BCUT2D eigenvalue weighted by molar-refractivity contribution is 0.0683. The Balaban J connectivity index is 3.00. The first kappa shape index (κ1) is 6.67. The van der Waals surface area contributed by atoms with Crippen LogP contribution >= 0.6 is 0 Å². The van der Waals surface area contributed by atoms with Gasteiger partial charge in [0.2, 0.25) is 5.82 Å². The third kappa shape index (κ3) is 1.28. The number of hydrogen-bond donors (Lipinski definition) is 1. The van der Waals surface area contributed by atoms with Gasteiger partial charge in [0, 0.05) is 12.4 Å². The largest absolute Gasteiger partial charge is 0.475 e. The number of aromatic nitrogens is 2. The normalized spacial score (nSPS) is 9.30. The lowest BCUT2D eigenvalue weighted by Crippen LogP contribution is -2.02. The molecule has 0 radical (unpaired) electrons. The number of carboxylic acid groups (broad SMARTS) is 1. The fourth-order valence-electron chi connectivity index (χ4n) is 0.503. The Morgan fingerprint density at radius 1 is 1.50 bits per heavy atom. The molecule has 52 valence electrons. The topological polar surface area (TPSA) is 63.1 Å². The molecule has 0 atom stereocenters. The second-order valence-corrected chi connectivity index (χ2v) is 1.89. The summed E-state index contributed by atoms with van der Waals surface area (Å²) in [7, 11) is 0. The third-order valence-corrected chi connectivity index (χ3v) is 0.972. The van der Waals surface area contributed by atoms with Crippen molar-refractivity contribution in [3.8, 4) is 0 Å². The summed E-state index contributed by atoms with van der Waals surface area (Å²) < 4.78 is 0. The zero-order valence-electron chi connectivity index (χ0n) is 5.40. The average molecular weight is 138 g/mol. The van der Waals surface area contributed by atoms with Crippen molar-refractivity contribution in [1.29, 1.82) is 0 Å². The lowest BCUT2D eigenvalue weighted by Gasteiger charge is -1.90. The van der Waals surface area contributed by atoms with E-state index in [1.807, 2.05) is 0 Å². The molecule has 4 nitrogen and oxygen atoms in total. The van der Waals surface area contributed by atoms with E-state index in [0.29, 0.717) is 0 Å². The number of carboxylic acids is 1.